The second-order valence-electron chi connectivity index (χ2n) is 10.1. The summed E-state index contributed by atoms with van der Waals surface area (Å²) in [5, 5.41) is 9.22. The number of carboxylic acids is 1. The molecule has 0 aliphatic heterocycles. The summed E-state index contributed by atoms with van der Waals surface area (Å²) in [6, 6.07) is 4.95. The fourth-order valence-corrected chi connectivity index (χ4v) is 4.29. The highest BCUT2D eigenvalue weighted by atomic mass is 19.4. The van der Waals surface area contributed by atoms with E-state index in [2.05, 4.69) is 4.98 Å². The molecule has 1 aliphatic rings. The Kier molecular flexibility index (Phi) is 8.64. The van der Waals surface area contributed by atoms with Gasteiger partial charge in [0.1, 0.15) is 11.5 Å². The number of aromatic nitrogens is 1. The monoisotopic (exact) mass is 497 g/mol. The van der Waals surface area contributed by atoms with Crippen LogP contribution in [0, 0.1) is 11.8 Å². The molecule has 9 heteroatoms. The highest BCUT2D eigenvalue weighted by Crippen LogP contribution is 2.34. The predicted molar refractivity (Wildman–Crippen MR) is 124 cm³/mol. The summed E-state index contributed by atoms with van der Waals surface area (Å²) in [7, 11) is 0. The third-order valence-corrected chi connectivity index (χ3v) is 6.37. The first-order chi connectivity index (χ1) is 16.4. The van der Waals surface area contributed by atoms with Gasteiger partial charge in [0, 0.05) is 18.1 Å². The zero-order chi connectivity index (χ0) is 25.8. The zero-order valence-electron chi connectivity index (χ0n) is 20.7. The molecule has 2 aromatic rings. The molecule has 1 aromatic carbocycles. The maximum atomic E-state index is 13.1. The van der Waals surface area contributed by atoms with Gasteiger partial charge in [-0.2, -0.15) is 13.2 Å². The van der Waals surface area contributed by atoms with Gasteiger partial charge in [0.25, 0.3) is 0 Å². The first kappa shape index (κ1) is 27.2. The van der Waals surface area contributed by atoms with Crippen LogP contribution in [0.1, 0.15) is 76.3 Å². The molecule has 1 aromatic heterocycles. The molecule has 1 saturated carbocycles. The second-order valence-corrected chi connectivity index (χ2v) is 10.1. The topological polar surface area (TPSA) is 81.8 Å². The molecule has 35 heavy (non-hydrogen) atoms. The molecular formula is C26H34F3NO5. The van der Waals surface area contributed by atoms with Gasteiger partial charge in [0.15, 0.2) is 5.60 Å². The van der Waals surface area contributed by atoms with Crippen LogP contribution in [0.5, 0.6) is 0 Å². The predicted octanol–water partition coefficient (Wildman–Crippen LogP) is 6.69. The smallest absolute Gasteiger partial charge is 0.416 e. The number of rotatable bonds is 10. The summed E-state index contributed by atoms with van der Waals surface area (Å²) in [6.45, 7) is 8.10. The average molecular weight is 498 g/mol. The van der Waals surface area contributed by atoms with Crippen LogP contribution in [0.3, 0.4) is 0 Å². The van der Waals surface area contributed by atoms with Gasteiger partial charge in [-0.05, 0) is 63.1 Å². The number of ether oxygens (including phenoxy) is 2. The molecule has 0 saturated heterocycles. The first-order valence-corrected chi connectivity index (χ1v) is 12.0. The Balaban J connectivity index is 1.60. The molecular weight excluding hydrogens is 463 g/mol. The lowest BCUT2D eigenvalue weighted by Gasteiger charge is -2.31. The van der Waals surface area contributed by atoms with Gasteiger partial charge in [-0.15, -0.1) is 0 Å². The van der Waals surface area contributed by atoms with E-state index in [4.69, 9.17) is 13.9 Å². The lowest BCUT2D eigenvalue weighted by atomic mass is 9.82. The second kappa shape index (κ2) is 11.1. The van der Waals surface area contributed by atoms with Crippen molar-refractivity contribution in [2.45, 2.75) is 77.7 Å². The molecule has 0 radical (unpaired) electrons. The molecule has 6 nitrogen and oxygen atoms in total. The molecule has 2 atom stereocenters. The number of aliphatic carboxylic acids is 1. The Morgan fingerprint density at radius 1 is 1.20 bits per heavy atom. The summed E-state index contributed by atoms with van der Waals surface area (Å²) < 4.78 is 56.8. The summed E-state index contributed by atoms with van der Waals surface area (Å²) in [4.78, 5) is 15.7. The maximum Gasteiger partial charge on any atom is 0.416 e. The van der Waals surface area contributed by atoms with Crippen LogP contribution >= 0.6 is 0 Å². The number of carbonyl (C=O) groups is 1. The fraction of sp³-hybridized carbons (Fsp3) is 0.615. The average Bonchev–Trinajstić information content (AvgIpc) is 3.22. The Morgan fingerprint density at radius 2 is 1.89 bits per heavy atom. The van der Waals surface area contributed by atoms with E-state index >= 15 is 0 Å². The van der Waals surface area contributed by atoms with Crippen molar-refractivity contribution in [2.24, 2.45) is 11.8 Å². The van der Waals surface area contributed by atoms with E-state index < -0.39 is 23.3 Å². The minimum absolute atomic E-state index is 0.00514. The van der Waals surface area contributed by atoms with E-state index in [1.807, 2.05) is 13.8 Å². The summed E-state index contributed by atoms with van der Waals surface area (Å²) in [5.41, 5.74) is -1.10. The van der Waals surface area contributed by atoms with Gasteiger partial charge in [0.2, 0.25) is 5.89 Å². The van der Waals surface area contributed by atoms with E-state index in [1.165, 1.54) is 6.07 Å². The molecule has 0 bridgehead atoms. The van der Waals surface area contributed by atoms with Crippen LogP contribution in [0.15, 0.2) is 28.7 Å². The van der Waals surface area contributed by atoms with Crippen molar-refractivity contribution in [1.82, 2.24) is 4.98 Å². The molecule has 194 valence electrons. The Labute approximate surface area is 203 Å². The van der Waals surface area contributed by atoms with E-state index in [0.717, 1.165) is 37.8 Å². The van der Waals surface area contributed by atoms with E-state index in [-0.39, 0.29) is 29.9 Å². The quantitative estimate of drug-likeness (QED) is 0.394. The van der Waals surface area contributed by atoms with Crippen molar-refractivity contribution in [3.8, 4) is 11.5 Å². The molecule has 1 heterocycles. The van der Waals surface area contributed by atoms with Crippen LogP contribution in [0.4, 0.5) is 13.2 Å². The first-order valence-electron chi connectivity index (χ1n) is 12.0. The van der Waals surface area contributed by atoms with Crippen molar-refractivity contribution in [3.05, 3.63) is 41.3 Å². The van der Waals surface area contributed by atoms with Crippen LogP contribution in [-0.4, -0.2) is 34.9 Å². The Morgan fingerprint density at radius 3 is 2.51 bits per heavy atom. The fourth-order valence-electron chi connectivity index (χ4n) is 4.29. The van der Waals surface area contributed by atoms with Crippen LogP contribution < -0.4 is 0 Å². The number of oxazole rings is 1. The van der Waals surface area contributed by atoms with Crippen molar-refractivity contribution in [2.75, 3.05) is 13.2 Å². The minimum atomic E-state index is -4.44. The Hall–Kier alpha value is -2.39. The van der Waals surface area contributed by atoms with E-state index in [0.29, 0.717) is 30.6 Å². The van der Waals surface area contributed by atoms with Gasteiger partial charge < -0.3 is 19.0 Å². The number of hydrogen-bond acceptors (Lipinski definition) is 5. The SMILES string of the molecule is CC(C)c1oc(-c2cccc(C(F)(F)F)c2)nc1COC[C@@H]1CCCC(COC(C)(C)C(=O)O)C1. The van der Waals surface area contributed by atoms with E-state index in [1.54, 1.807) is 19.9 Å². The van der Waals surface area contributed by atoms with Gasteiger partial charge >= 0.3 is 12.1 Å². The number of hydrogen-bond donors (Lipinski definition) is 1. The Bertz CT molecular complexity index is 999. The molecule has 0 amide bonds. The van der Waals surface area contributed by atoms with Crippen molar-refractivity contribution < 1.29 is 37.0 Å². The third kappa shape index (κ3) is 7.30. The highest BCUT2D eigenvalue weighted by molar-refractivity contribution is 5.76. The van der Waals surface area contributed by atoms with Gasteiger partial charge in [-0.3, -0.25) is 0 Å². The molecule has 1 aliphatic carbocycles. The van der Waals surface area contributed by atoms with Gasteiger partial charge in [0.05, 0.1) is 18.8 Å². The lowest BCUT2D eigenvalue weighted by molar-refractivity contribution is -0.163. The van der Waals surface area contributed by atoms with Gasteiger partial charge in [-0.25, -0.2) is 9.78 Å². The summed E-state index contributed by atoms with van der Waals surface area (Å²) >= 11 is 0. The molecule has 1 unspecified atom stereocenters. The largest absolute Gasteiger partial charge is 0.479 e. The standard InChI is InChI=1S/C26H34F3NO5/c1-16(2)22-21(30-23(35-22)19-9-6-10-20(12-19)26(27,28)29)15-33-13-17-7-5-8-18(11-17)14-34-25(3,4)24(31)32/h6,9-10,12,16-18H,5,7-8,11,13-15H2,1-4H3,(H,31,32)/t17-,18?/m1/s1. The maximum absolute atomic E-state index is 13.1. The molecule has 0 spiro atoms. The van der Waals surface area contributed by atoms with Crippen molar-refractivity contribution in [3.63, 3.8) is 0 Å². The van der Waals surface area contributed by atoms with Crippen molar-refractivity contribution in [1.29, 1.82) is 0 Å². The number of benzene rings is 1. The number of alkyl halides is 3. The van der Waals surface area contributed by atoms with Crippen molar-refractivity contribution >= 4 is 5.97 Å². The third-order valence-electron chi connectivity index (χ3n) is 6.37. The summed E-state index contributed by atoms with van der Waals surface area (Å²) in [5.74, 6) is 0.364. The summed E-state index contributed by atoms with van der Waals surface area (Å²) in [6.07, 6.45) is -0.517. The molecule has 1 N–H and O–H groups in total. The number of halogens is 3. The lowest BCUT2D eigenvalue weighted by Crippen LogP contribution is -2.37. The van der Waals surface area contributed by atoms with Crippen LogP contribution in [-0.2, 0) is 27.1 Å². The van der Waals surface area contributed by atoms with E-state index in [9.17, 15) is 23.1 Å². The zero-order valence-corrected chi connectivity index (χ0v) is 20.7. The molecule has 3 rings (SSSR count). The number of nitrogens with zero attached hydrogens (tertiary/aromatic N) is 1. The normalized spacial score (nSPS) is 19.3. The molecule has 1 fully saturated rings. The minimum Gasteiger partial charge on any atom is -0.479 e. The highest BCUT2D eigenvalue weighted by Gasteiger charge is 2.32. The van der Waals surface area contributed by atoms with Gasteiger partial charge in [-0.1, -0.05) is 26.3 Å². The van der Waals surface area contributed by atoms with Crippen LogP contribution in [0.2, 0.25) is 0 Å². The van der Waals surface area contributed by atoms with Crippen LogP contribution in [0.25, 0.3) is 11.5 Å². The number of carboxylic acid groups (broad SMARTS) is 1.